The Morgan fingerprint density at radius 2 is 1.89 bits per heavy atom. The summed E-state index contributed by atoms with van der Waals surface area (Å²) in [5.41, 5.74) is 1.02. The minimum absolute atomic E-state index is 0.137. The summed E-state index contributed by atoms with van der Waals surface area (Å²) < 4.78 is 5.64. The third-order valence-corrected chi connectivity index (χ3v) is 4.75. The molecular weight excluding hydrogens is 385 g/mol. The molecule has 1 amide bonds. The summed E-state index contributed by atoms with van der Waals surface area (Å²) in [6, 6.07) is 12.3. The molecule has 27 heavy (non-hydrogen) atoms. The van der Waals surface area contributed by atoms with Crippen LogP contribution in [-0.2, 0) is 0 Å². The molecule has 1 aliphatic heterocycles. The molecule has 0 unspecified atom stereocenters. The molecule has 0 atom stereocenters. The zero-order chi connectivity index (χ0) is 19.2. The first kappa shape index (κ1) is 19.5. The van der Waals surface area contributed by atoms with Crippen molar-refractivity contribution in [2.75, 3.05) is 19.7 Å². The van der Waals surface area contributed by atoms with E-state index in [4.69, 9.17) is 27.9 Å². The van der Waals surface area contributed by atoms with Crippen molar-refractivity contribution in [3.63, 3.8) is 0 Å². The predicted octanol–water partition coefficient (Wildman–Crippen LogP) is 4.91. The number of rotatable bonds is 6. The van der Waals surface area contributed by atoms with Gasteiger partial charge < -0.3 is 10.1 Å². The average Bonchev–Trinajstić information content (AvgIpc) is 3.13. The summed E-state index contributed by atoms with van der Waals surface area (Å²) in [4.78, 5) is 19.0. The summed E-state index contributed by atoms with van der Waals surface area (Å²) in [6.07, 6.45) is 2.08. The molecule has 1 aliphatic rings. The van der Waals surface area contributed by atoms with Gasteiger partial charge in [0.2, 0.25) is 5.96 Å². The zero-order valence-electron chi connectivity index (χ0n) is 15.0. The van der Waals surface area contributed by atoms with E-state index in [1.165, 1.54) is 0 Å². The number of unbranched alkanes of at least 4 members (excludes halogenated alkanes) is 1. The van der Waals surface area contributed by atoms with Gasteiger partial charge in [-0.2, -0.15) is 0 Å². The van der Waals surface area contributed by atoms with E-state index in [0.717, 1.165) is 18.6 Å². The number of benzene rings is 2. The molecule has 1 heterocycles. The van der Waals surface area contributed by atoms with E-state index in [2.05, 4.69) is 17.2 Å². The first-order valence-corrected chi connectivity index (χ1v) is 9.67. The molecule has 0 saturated carbocycles. The molecule has 0 spiro atoms. The average molecular weight is 406 g/mol. The van der Waals surface area contributed by atoms with Gasteiger partial charge in [0.15, 0.2) is 0 Å². The highest BCUT2D eigenvalue weighted by atomic mass is 35.5. The van der Waals surface area contributed by atoms with Crippen molar-refractivity contribution in [1.29, 1.82) is 0 Å². The molecule has 1 saturated heterocycles. The molecule has 1 N–H and O–H groups in total. The summed E-state index contributed by atoms with van der Waals surface area (Å²) in [5, 5.41) is 3.99. The molecule has 2 aromatic rings. The minimum atomic E-state index is -0.137. The number of nitrogens with one attached hydrogen (secondary N) is 1. The van der Waals surface area contributed by atoms with Crippen molar-refractivity contribution in [3.05, 3.63) is 58.1 Å². The van der Waals surface area contributed by atoms with E-state index >= 15 is 0 Å². The van der Waals surface area contributed by atoms with Crippen molar-refractivity contribution in [2.45, 2.75) is 19.8 Å². The van der Waals surface area contributed by atoms with Crippen LogP contribution in [0.25, 0.3) is 0 Å². The number of ether oxygens (including phenoxy) is 1. The van der Waals surface area contributed by atoms with Crippen LogP contribution in [-0.4, -0.2) is 36.5 Å². The van der Waals surface area contributed by atoms with Gasteiger partial charge >= 0.3 is 0 Å². The number of hydrogen-bond acceptors (Lipinski definition) is 3. The maximum Gasteiger partial charge on any atom is 0.260 e. The molecule has 7 heteroatoms. The highest BCUT2D eigenvalue weighted by Gasteiger charge is 2.26. The fraction of sp³-hybridized carbons (Fsp3) is 0.300. The largest absolute Gasteiger partial charge is 0.494 e. The first-order valence-electron chi connectivity index (χ1n) is 8.91. The van der Waals surface area contributed by atoms with E-state index in [1.54, 1.807) is 35.2 Å². The molecule has 1 fully saturated rings. The fourth-order valence-corrected chi connectivity index (χ4v) is 3.15. The monoisotopic (exact) mass is 405 g/mol. The van der Waals surface area contributed by atoms with Crippen molar-refractivity contribution >= 4 is 40.8 Å². The van der Waals surface area contributed by atoms with E-state index in [-0.39, 0.29) is 5.91 Å². The van der Waals surface area contributed by atoms with Crippen molar-refractivity contribution in [1.82, 2.24) is 10.2 Å². The minimum Gasteiger partial charge on any atom is -0.494 e. The highest BCUT2D eigenvalue weighted by Crippen LogP contribution is 2.33. The summed E-state index contributed by atoms with van der Waals surface area (Å²) in [6.45, 7) is 3.93. The van der Waals surface area contributed by atoms with Gasteiger partial charge in [-0.1, -0.05) is 42.6 Å². The Labute approximate surface area is 168 Å². The topological polar surface area (TPSA) is 53.9 Å². The van der Waals surface area contributed by atoms with Gasteiger partial charge in [-0.15, -0.1) is 0 Å². The van der Waals surface area contributed by atoms with Gasteiger partial charge in [0.25, 0.3) is 5.91 Å². The molecule has 0 aliphatic carbocycles. The van der Waals surface area contributed by atoms with Crippen molar-refractivity contribution in [3.8, 4) is 5.75 Å². The molecule has 0 radical (unpaired) electrons. The quantitative estimate of drug-likeness (QED) is 0.694. The van der Waals surface area contributed by atoms with Crippen LogP contribution in [0.2, 0.25) is 10.0 Å². The molecule has 0 aromatic heterocycles. The van der Waals surface area contributed by atoms with E-state index in [1.807, 2.05) is 12.1 Å². The maximum atomic E-state index is 12.9. The normalized spacial score (nSPS) is 15.1. The number of nitrogens with zero attached hydrogens (tertiary/aromatic N) is 2. The fourth-order valence-electron chi connectivity index (χ4n) is 2.66. The number of para-hydroxylation sites is 1. The summed E-state index contributed by atoms with van der Waals surface area (Å²) >= 11 is 12.4. The van der Waals surface area contributed by atoms with Crippen LogP contribution in [0.15, 0.2) is 47.5 Å². The van der Waals surface area contributed by atoms with Crippen molar-refractivity contribution in [2.24, 2.45) is 4.99 Å². The Bertz CT molecular complexity index is 817. The number of amides is 1. The van der Waals surface area contributed by atoms with Crippen LogP contribution in [0.4, 0.5) is 5.69 Å². The number of carbonyl (C=O) groups excluding carboxylic acids is 1. The Balaban J connectivity index is 1.76. The standard InChI is InChI=1S/C20H21Cl2N3O2/c1-2-3-13-27-15-9-7-14(8-10-15)19(26)25-12-11-23-20(25)24-18-16(21)5-4-6-17(18)22/h4-10H,2-3,11-13H2,1H3,(H,23,24). The second-order valence-corrected chi connectivity index (χ2v) is 6.93. The predicted molar refractivity (Wildman–Crippen MR) is 109 cm³/mol. The Morgan fingerprint density at radius 1 is 1.19 bits per heavy atom. The lowest BCUT2D eigenvalue weighted by atomic mass is 10.2. The number of carbonyl (C=O) groups is 1. The van der Waals surface area contributed by atoms with Gasteiger partial charge in [0.05, 0.1) is 16.7 Å². The Hall–Kier alpha value is -2.24. The number of halogens is 2. The van der Waals surface area contributed by atoms with Crippen LogP contribution < -0.4 is 10.1 Å². The Kier molecular flexibility index (Phi) is 6.58. The lowest BCUT2D eigenvalue weighted by Crippen LogP contribution is -2.35. The van der Waals surface area contributed by atoms with Crippen LogP contribution in [0.1, 0.15) is 30.1 Å². The smallest absolute Gasteiger partial charge is 0.260 e. The lowest BCUT2D eigenvalue weighted by molar-refractivity contribution is 0.0859. The molecule has 3 rings (SSSR count). The lowest BCUT2D eigenvalue weighted by Gasteiger charge is -2.16. The van der Waals surface area contributed by atoms with E-state index in [0.29, 0.717) is 47.0 Å². The second-order valence-electron chi connectivity index (χ2n) is 6.12. The molecule has 0 bridgehead atoms. The van der Waals surface area contributed by atoms with Gasteiger partial charge in [0.1, 0.15) is 11.4 Å². The van der Waals surface area contributed by atoms with Gasteiger partial charge in [-0.3, -0.25) is 9.69 Å². The third-order valence-electron chi connectivity index (χ3n) is 4.14. The van der Waals surface area contributed by atoms with Gasteiger partial charge in [0, 0.05) is 18.7 Å². The van der Waals surface area contributed by atoms with Gasteiger partial charge in [-0.25, -0.2) is 4.99 Å². The van der Waals surface area contributed by atoms with Crippen molar-refractivity contribution < 1.29 is 9.53 Å². The third kappa shape index (κ3) is 4.73. The first-order chi connectivity index (χ1) is 13.1. The second kappa shape index (κ2) is 9.11. The summed E-state index contributed by atoms with van der Waals surface area (Å²) in [7, 11) is 0. The number of hydrogen-bond donors (Lipinski definition) is 1. The number of aliphatic imine (C=N–C) groups is 1. The van der Waals surface area contributed by atoms with E-state index < -0.39 is 0 Å². The van der Waals surface area contributed by atoms with Gasteiger partial charge in [-0.05, 0) is 42.8 Å². The van der Waals surface area contributed by atoms with Crippen LogP contribution in [0.3, 0.4) is 0 Å². The SMILES string of the molecule is CCCCOc1ccc(C(=O)N2CCNC2=Nc2c(Cl)cccc2Cl)cc1. The van der Waals surface area contributed by atoms with Crippen LogP contribution in [0, 0.1) is 0 Å². The molecular formula is C20H21Cl2N3O2. The zero-order valence-corrected chi connectivity index (χ0v) is 16.6. The van der Waals surface area contributed by atoms with E-state index in [9.17, 15) is 4.79 Å². The molecule has 2 aromatic carbocycles. The Morgan fingerprint density at radius 3 is 2.56 bits per heavy atom. The summed E-state index contributed by atoms with van der Waals surface area (Å²) in [5.74, 6) is 1.07. The highest BCUT2D eigenvalue weighted by molar-refractivity contribution is 6.38. The number of guanidine groups is 1. The maximum absolute atomic E-state index is 12.9. The molecule has 5 nitrogen and oxygen atoms in total. The molecule has 142 valence electrons. The van der Waals surface area contributed by atoms with Crippen LogP contribution in [0.5, 0.6) is 5.75 Å². The van der Waals surface area contributed by atoms with Crippen LogP contribution >= 0.6 is 23.2 Å².